The Labute approximate surface area is 113 Å². The second kappa shape index (κ2) is 6.16. The van der Waals surface area contributed by atoms with Gasteiger partial charge in [0.1, 0.15) is 0 Å². The second-order valence-electron chi connectivity index (χ2n) is 4.88. The molecule has 0 saturated heterocycles. The average molecular weight is 263 g/mol. The van der Waals surface area contributed by atoms with Crippen molar-refractivity contribution in [3.63, 3.8) is 0 Å². The first-order valence-electron chi connectivity index (χ1n) is 6.46. The third-order valence-electron chi connectivity index (χ3n) is 3.05. The normalized spacial score (nSPS) is 13.1. The van der Waals surface area contributed by atoms with E-state index in [9.17, 15) is 0 Å². The van der Waals surface area contributed by atoms with E-state index in [1.165, 1.54) is 5.56 Å². The van der Waals surface area contributed by atoms with Gasteiger partial charge in [0, 0.05) is 23.8 Å². The van der Waals surface area contributed by atoms with E-state index in [0.29, 0.717) is 12.0 Å². The molecule has 0 saturated carbocycles. The summed E-state index contributed by atoms with van der Waals surface area (Å²) in [6.07, 6.45) is 4.37. The van der Waals surface area contributed by atoms with E-state index in [0.717, 1.165) is 18.8 Å². The van der Waals surface area contributed by atoms with Gasteiger partial charge in [-0.2, -0.15) is 0 Å². The first-order valence-corrected chi connectivity index (χ1v) is 7.41. The predicted octanol–water partition coefficient (Wildman–Crippen LogP) is 3.30. The van der Waals surface area contributed by atoms with Gasteiger partial charge in [-0.05, 0) is 24.1 Å². The molecule has 0 aliphatic carbocycles. The molecule has 4 heteroatoms. The Morgan fingerprint density at radius 1 is 1.44 bits per heavy atom. The zero-order valence-corrected chi connectivity index (χ0v) is 12.1. The SMILES string of the molecule is CCNC(c1ccn(Cc2cscn2)c1)C(C)C. The lowest BCUT2D eigenvalue weighted by atomic mass is 9.98. The van der Waals surface area contributed by atoms with Gasteiger partial charge in [-0.25, -0.2) is 4.98 Å². The molecular formula is C14H21N3S. The molecule has 2 heterocycles. The van der Waals surface area contributed by atoms with Crippen LogP contribution in [0.15, 0.2) is 29.4 Å². The molecule has 2 aromatic rings. The van der Waals surface area contributed by atoms with E-state index < -0.39 is 0 Å². The Morgan fingerprint density at radius 3 is 2.89 bits per heavy atom. The fraction of sp³-hybridized carbons (Fsp3) is 0.500. The van der Waals surface area contributed by atoms with Crippen molar-refractivity contribution in [2.75, 3.05) is 6.54 Å². The van der Waals surface area contributed by atoms with Crippen LogP contribution < -0.4 is 5.32 Å². The van der Waals surface area contributed by atoms with Crippen LogP contribution in [0.5, 0.6) is 0 Å². The molecular weight excluding hydrogens is 242 g/mol. The molecule has 0 radical (unpaired) electrons. The molecule has 98 valence electrons. The summed E-state index contributed by atoms with van der Waals surface area (Å²) in [5.41, 5.74) is 4.38. The van der Waals surface area contributed by atoms with Crippen LogP contribution >= 0.6 is 11.3 Å². The van der Waals surface area contributed by atoms with Gasteiger partial charge in [0.25, 0.3) is 0 Å². The number of hydrogen-bond acceptors (Lipinski definition) is 3. The van der Waals surface area contributed by atoms with Crippen LogP contribution in [0, 0.1) is 5.92 Å². The largest absolute Gasteiger partial charge is 0.348 e. The van der Waals surface area contributed by atoms with Crippen molar-refractivity contribution < 1.29 is 0 Å². The van der Waals surface area contributed by atoms with Gasteiger partial charge in [-0.3, -0.25) is 0 Å². The van der Waals surface area contributed by atoms with Crippen molar-refractivity contribution in [2.45, 2.75) is 33.4 Å². The quantitative estimate of drug-likeness (QED) is 0.866. The maximum atomic E-state index is 4.32. The van der Waals surface area contributed by atoms with Gasteiger partial charge >= 0.3 is 0 Å². The minimum absolute atomic E-state index is 0.437. The smallest absolute Gasteiger partial charge is 0.0795 e. The number of hydrogen-bond donors (Lipinski definition) is 1. The maximum Gasteiger partial charge on any atom is 0.0795 e. The van der Waals surface area contributed by atoms with Crippen molar-refractivity contribution in [1.82, 2.24) is 14.9 Å². The lowest BCUT2D eigenvalue weighted by Gasteiger charge is -2.20. The Kier molecular flexibility index (Phi) is 4.55. The summed E-state index contributed by atoms with van der Waals surface area (Å²) in [6, 6.07) is 2.64. The van der Waals surface area contributed by atoms with Gasteiger partial charge in [0.15, 0.2) is 0 Å². The zero-order valence-electron chi connectivity index (χ0n) is 11.3. The highest BCUT2D eigenvalue weighted by molar-refractivity contribution is 7.07. The van der Waals surface area contributed by atoms with Crippen LogP contribution in [-0.2, 0) is 6.54 Å². The molecule has 1 atom stereocenters. The summed E-state index contributed by atoms with van der Waals surface area (Å²) < 4.78 is 2.21. The number of nitrogens with zero attached hydrogens (tertiary/aromatic N) is 2. The minimum Gasteiger partial charge on any atom is -0.348 e. The van der Waals surface area contributed by atoms with Crippen LogP contribution in [0.2, 0.25) is 0 Å². The van der Waals surface area contributed by atoms with Crippen LogP contribution in [0.1, 0.15) is 38.1 Å². The summed E-state index contributed by atoms with van der Waals surface area (Å²) in [7, 11) is 0. The molecule has 0 aliphatic rings. The van der Waals surface area contributed by atoms with Crippen LogP contribution in [0.25, 0.3) is 0 Å². The Hall–Kier alpha value is -1.13. The number of nitrogens with one attached hydrogen (secondary N) is 1. The molecule has 0 fully saturated rings. The third kappa shape index (κ3) is 3.21. The molecule has 2 aromatic heterocycles. The number of thiazole rings is 1. The second-order valence-corrected chi connectivity index (χ2v) is 5.60. The summed E-state index contributed by atoms with van der Waals surface area (Å²) >= 11 is 1.65. The first-order chi connectivity index (χ1) is 8.70. The molecule has 18 heavy (non-hydrogen) atoms. The topological polar surface area (TPSA) is 29.9 Å². The van der Waals surface area contributed by atoms with Gasteiger partial charge < -0.3 is 9.88 Å². The summed E-state index contributed by atoms with van der Waals surface area (Å²) in [5.74, 6) is 0.597. The highest BCUT2D eigenvalue weighted by Gasteiger charge is 2.15. The molecule has 1 N–H and O–H groups in total. The van der Waals surface area contributed by atoms with E-state index in [-0.39, 0.29) is 0 Å². The van der Waals surface area contributed by atoms with Gasteiger partial charge in [0.2, 0.25) is 0 Å². The van der Waals surface area contributed by atoms with Gasteiger partial charge in [0.05, 0.1) is 17.7 Å². The standard InChI is InChI=1S/C14H21N3S/c1-4-15-14(11(2)3)12-5-6-17(7-12)8-13-9-18-10-16-13/h5-7,9-11,14-15H,4,8H2,1-3H3. The lowest BCUT2D eigenvalue weighted by molar-refractivity contribution is 0.421. The fourth-order valence-electron chi connectivity index (χ4n) is 2.20. The van der Waals surface area contributed by atoms with Crippen molar-refractivity contribution in [3.05, 3.63) is 40.6 Å². The summed E-state index contributed by atoms with van der Waals surface area (Å²) in [5, 5.41) is 5.64. The first kappa shape index (κ1) is 13.3. The highest BCUT2D eigenvalue weighted by Crippen LogP contribution is 2.22. The molecule has 3 nitrogen and oxygen atoms in total. The Balaban J connectivity index is 2.08. The molecule has 0 bridgehead atoms. The van der Waals surface area contributed by atoms with Crippen LogP contribution in [0.4, 0.5) is 0 Å². The monoisotopic (exact) mass is 263 g/mol. The summed E-state index contributed by atoms with van der Waals surface area (Å²) in [4.78, 5) is 4.32. The van der Waals surface area contributed by atoms with E-state index in [1.54, 1.807) is 11.3 Å². The average Bonchev–Trinajstić information content (AvgIpc) is 2.97. The minimum atomic E-state index is 0.437. The molecule has 2 rings (SSSR count). The van der Waals surface area contributed by atoms with Crippen molar-refractivity contribution in [2.24, 2.45) is 5.92 Å². The van der Waals surface area contributed by atoms with Crippen molar-refractivity contribution >= 4 is 11.3 Å². The number of aromatic nitrogens is 2. The van der Waals surface area contributed by atoms with Crippen LogP contribution in [0.3, 0.4) is 0 Å². The molecule has 0 spiro atoms. The van der Waals surface area contributed by atoms with E-state index in [4.69, 9.17) is 0 Å². The lowest BCUT2D eigenvalue weighted by Crippen LogP contribution is -2.25. The molecule has 0 aliphatic heterocycles. The fourth-order valence-corrected chi connectivity index (χ4v) is 2.75. The predicted molar refractivity (Wildman–Crippen MR) is 76.9 cm³/mol. The maximum absolute atomic E-state index is 4.32. The Morgan fingerprint density at radius 2 is 2.28 bits per heavy atom. The zero-order chi connectivity index (χ0) is 13.0. The van der Waals surface area contributed by atoms with Gasteiger partial charge in [-0.15, -0.1) is 11.3 Å². The molecule has 0 amide bonds. The third-order valence-corrected chi connectivity index (χ3v) is 3.69. The number of rotatable bonds is 6. The van der Waals surface area contributed by atoms with E-state index in [1.807, 2.05) is 5.51 Å². The highest BCUT2D eigenvalue weighted by atomic mass is 32.1. The van der Waals surface area contributed by atoms with E-state index >= 15 is 0 Å². The van der Waals surface area contributed by atoms with Crippen LogP contribution in [-0.4, -0.2) is 16.1 Å². The molecule has 0 aromatic carbocycles. The summed E-state index contributed by atoms with van der Waals surface area (Å²) in [6.45, 7) is 8.53. The van der Waals surface area contributed by atoms with Gasteiger partial charge in [-0.1, -0.05) is 20.8 Å². The molecule has 1 unspecified atom stereocenters. The van der Waals surface area contributed by atoms with E-state index in [2.05, 4.69) is 59.5 Å². The van der Waals surface area contributed by atoms with Crippen molar-refractivity contribution in [3.8, 4) is 0 Å². The van der Waals surface area contributed by atoms with Crippen molar-refractivity contribution in [1.29, 1.82) is 0 Å². The Bertz CT molecular complexity index is 459.